The molecule has 2 aromatic rings. The van der Waals surface area contributed by atoms with E-state index < -0.39 is 0 Å². The number of ketones is 1. The molecule has 1 aliphatic heterocycles. The molecule has 0 unspecified atom stereocenters. The summed E-state index contributed by atoms with van der Waals surface area (Å²) in [6.45, 7) is 1.24. The van der Waals surface area contributed by atoms with Crippen molar-refractivity contribution >= 4 is 11.5 Å². The van der Waals surface area contributed by atoms with Gasteiger partial charge < -0.3 is 10.5 Å². The molecular formula is C15H13NO2. The van der Waals surface area contributed by atoms with Crippen molar-refractivity contribution in [3.63, 3.8) is 0 Å². The molecule has 18 heavy (non-hydrogen) atoms. The lowest BCUT2D eigenvalue weighted by Crippen LogP contribution is -2.02. The van der Waals surface area contributed by atoms with Crippen LogP contribution in [-0.4, -0.2) is 5.78 Å². The van der Waals surface area contributed by atoms with E-state index in [0.29, 0.717) is 30.0 Å². The zero-order chi connectivity index (χ0) is 12.5. The molecule has 1 heterocycles. The predicted octanol–water partition coefficient (Wildman–Crippen LogP) is 2.53. The molecule has 90 valence electrons. The lowest BCUT2D eigenvalue weighted by atomic mass is 9.99. The van der Waals surface area contributed by atoms with E-state index in [1.807, 2.05) is 18.2 Å². The van der Waals surface area contributed by atoms with Gasteiger partial charge in [0.25, 0.3) is 0 Å². The van der Waals surface area contributed by atoms with Crippen molar-refractivity contribution in [2.24, 2.45) is 0 Å². The first-order chi connectivity index (χ1) is 8.74. The van der Waals surface area contributed by atoms with Gasteiger partial charge in [0.05, 0.1) is 13.2 Å². The molecule has 1 aliphatic rings. The monoisotopic (exact) mass is 239 g/mol. The van der Waals surface area contributed by atoms with Crippen molar-refractivity contribution in [2.45, 2.75) is 13.2 Å². The summed E-state index contributed by atoms with van der Waals surface area (Å²) in [7, 11) is 0. The van der Waals surface area contributed by atoms with E-state index in [2.05, 4.69) is 0 Å². The Bertz CT molecular complexity index is 602. The SMILES string of the molecule is Nc1ccc(C(=O)c2ccc3c(c2)COC3)cc1. The first-order valence-corrected chi connectivity index (χ1v) is 5.84. The lowest BCUT2D eigenvalue weighted by Gasteiger charge is -2.04. The largest absolute Gasteiger partial charge is 0.399 e. The molecule has 2 N–H and O–H groups in total. The van der Waals surface area contributed by atoms with Crippen LogP contribution in [0, 0.1) is 0 Å². The minimum absolute atomic E-state index is 0.0182. The second kappa shape index (κ2) is 4.27. The molecule has 0 bridgehead atoms. The Morgan fingerprint density at radius 1 is 0.944 bits per heavy atom. The van der Waals surface area contributed by atoms with Gasteiger partial charge >= 0.3 is 0 Å². The molecule has 0 atom stereocenters. The van der Waals surface area contributed by atoms with Crippen LogP contribution >= 0.6 is 0 Å². The van der Waals surface area contributed by atoms with Gasteiger partial charge in [0.2, 0.25) is 0 Å². The average molecular weight is 239 g/mol. The van der Waals surface area contributed by atoms with Crippen molar-refractivity contribution in [3.05, 3.63) is 64.7 Å². The van der Waals surface area contributed by atoms with Crippen LogP contribution in [0.25, 0.3) is 0 Å². The molecule has 2 aromatic carbocycles. The van der Waals surface area contributed by atoms with Gasteiger partial charge in [0, 0.05) is 16.8 Å². The van der Waals surface area contributed by atoms with Crippen molar-refractivity contribution in [1.29, 1.82) is 0 Å². The fourth-order valence-corrected chi connectivity index (χ4v) is 2.11. The summed E-state index contributed by atoms with van der Waals surface area (Å²) in [5, 5.41) is 0. The molecule has 0 fully saturated rings. The minimum atomic E-state index is 0.0182. The Morgan fingerprint density at radius 3 is 2.39 bits per heavy atom. The summed E-state index contributed by atoms with van der Waals surface area (Å²) in [5.74, 6) is 0.0182. The number of anilines is 1. The van der Waals surface area contributed by atoms with E-state index in [0.717, 1.165) is 5.56 Å². The molecule has 3 heteroatoms. The van der Waals surface area contributed by atoms with Crippen LogP contribution in [0.3, 0.4) is 0 Å². The zero-order valence-corrected chi connectivity index (χ0v) is 9.85. The quantitative estimate of drug-likeness (QED) is 0.647. The van der Waals surface area contributed by atoms with Gasteiger partial charge in [0.15, 0.2) is 5.78 Å². The van der Waals surface area contributed by atoms with Crippen LogP contribution in [0.4, 0.5) is 5.69 Å². The van der Waals surface area contributed by atoms with Crippen LogP contribution in [0.2, 0.25) is 0 Å². The maximum Gasteiger partial charge on any atom is 0.193 e. The van der Waals surface area contributed by atoms with Crippen molar-refractivity contribution in [3.8, 4) is 0 Å². The summed E-state index contributed by atoms with van der Waals surface area (Å²) in [6.07, 6.45) is 0. The van der Waals surface area contributed by atoms with Crippen LogP contribution < -0.4 is 5.73 Å². The normalized spacial score (nSPS) is 13.3. The highest BCUT2D eigenvalue weighted by Gasteiger charge is 2.15. The summed E-state index contributed by atoms with van der Waals surface area (Å²) < 4.78 is 5.34. The number of carbonyl (C=O) groups is 1. The van der Waals surface area contributed by atoms with Gasteiger partial charge in [-0.3, -0.25) is 4.79 Å². The van der Waals surface area contributed by atoms with Crippen LogP contribution in [0.15, 0.2) is 42.5 Å². The molecule has 0 radical (unpaired) electrons. The molecule has 0 aromatic heterocycles. The summed E-state index contributed by atoms with van der Waals surface area (Å²) >= 11 is 0. The highest BCUT2D eigenvalue weighted by molar-refractivity contribution is 6.09. The smallest absolute Gasteiger partial charge is 0.193 e. The van der Waals surface area contributed by atoms with E-state index in [9.17, 15) is 4.79 Å². The number of rotatable bonds is 2. The predicted molar refractivity (Wildman–Crippen MR) is 69.2 cm³/mol. The van der Waals surface area contributed by atoms with Gasteiger partial charge in [-0.05, 0) is 41.5 Å². The zero-order valence-electron chi connectivity index (χ0n) is 9.85. The second-order valence-corrected chi connectivity index (χ2v) is 4.43. The molecule has 0 saturated heterocycles. The Hall–Kier alpha value is -2.13. The standard InChI is InChI=1S/C15H13NO2/c16-14-5-3-10(4-6-14)15(17)11-1-2-12-8-18-9-13(12)7-11/h1-7H,8-9,16H2. The van der Waals surface area contributed by atoms with Crippen LogP contribution in [0.5, 0.6) is 0 Å². The summed E-state index contributed by atoms with van der Waals surface area (Å²) in [5.41, 5.74) is 9.90. The van der Waals surface area contributed by atoms with Crippen molar-refractivity contribution in [1.82, 2.24) is 0 Å². The number of ether oxygens (including phenoxy) is 1. The Morgan fingerprint density at radius 2 is 1.61 bits per heavy atom. The fraction of sp³-hybridized carbons (Fsp3) is 0.133. The number of benzene rings is 2. The highest BCUT2D eigenvalue weighted by Crippen LogP contribution is 2.22. The van der Waals surface area contributed by atoms with E-state index in [1.165, 1.54) is 5.56 Å². The number of nitrogen functional groups attached to an aromatic ring is 1. The second-order valence-electron chi connectivity index (χ2n) is 4.43. The first kappa shape index (κ1) is 11.0. The maximum absolute atomic E-state index is 12.3. The fourth-order valence-electron chi connectivity index (χ4n) is 2.11. The van der Waals surface area contributed by atoms with E-state index in [4.69, 9.17) is 10.5 Å². The number of nitrogens with two attached hydrogens (primary N) is 1. The lowest BCUT2D eigenvalue weighted by molar-refractivity contribution is 0.103. The molecule has 0 amide bonds. The molecule has 0 saturated carbocycles. The van der Waals surface area contributed by atoms with E-state index in [1.54, 1.807) is 24.3 Å². The van der Waals surface area contributed by atoms with Gasteiger partial charge in [0.1, 0.15) is 0 Å². The van der Waals surface area contributed by atoms with Crippen LogP contribution in [-0.2, 0) is 18.0 Å². The first-order valence-electron chi connectivity index (χ1n) is 5.84. The highest BCUT2D eigenvalue weighted by atomic mass is 16.5. The molecule has 0 aliphatic carbocycles. The average Bonchev–Trinajstić information content (AvgIpc) is 2.86. The van der Waals surface area contributed by atoms with Gasteiger partial charge in [-0.1, -0.05) is 12.1 Å². The minimum Gasteiger partial charge on any atom is -0.399 e. The third-order valence-corrected chi connectivity index (χ3v) is 3.16. The molecular weight excluding hydrogens is 226 g/mol. The summed E-state index contributed by atoms with van der Waals surface area (Å²) in [6, 6.07) is 12.7. The third-order valence-electron chi connectivity index (χ3n) is 3.16. The maximum atomic E-state index is 12.3. The Kier molecular flexibility index (Phi) is 2.61. The van der Waals surface area contributed by atoms with Gasteiger partial charge in [-0.15, -0.1) is 0 Å². The Labute approximate surface area is 105 Å². The number of fused-ring (bicyclic) bond motifs is 1. The number of hydrogen-bond donors (Lipinski definition) is 1. The number of hydrogen-bond acceptors (Lipinski definition) is 3. The Balaban J connectivity index is 1.95. The van der Waals surface area contributed by atoms with Crippen molar-refractivity contribution in [2.75, 3.05) is 5.73 Å². The number of carbonyl (C=O) groups excluding carboxylic acids is 1. The molecule has 0 spiro atoms. The topological polar surface area (TPSA) is 52.3 Å². The summed E-state index contributed by atoms with van der Waals surface area (Å²) in [4.78, 5) is 12.3. The molecule has 3 nitrogen and oxygen atoms in total. The van der Waals surface area contributed by atoms with E-state index >= 15 is 0 Å². The van der Waals surface area contributed by atoms with E-state index in [-0.39, 0.29) is 5.78 Å². The van der Waals surface area contributed by atoms with Crippen LogP contribution in [0.1, 0.15) is 27.0 Å². The van der Waals surface area contributed by atoms with Gasteiger partial charge in [-0.2, -0.15) is 0 Å². The molecule has 3 rings (SSSR count). The third kappa shape index (κ3) is 1.89. The van der Waals surface area contributed by atoms with Crippen molar-refractivity contribution < 1.29 is 9.53 Å². The van der Waals surface area contributed by atoms with Gasteiger partial charge in [-0.25, -0.2) is 0 Å².